The lowest BCUT2D eigenvalue weighted by atomic mass is 9.95. The van der Waals surface area contributed by atoms with Crippen molar-refractivity contribution in [1.82, 2.24) is 5.32 Å². The van der Waals surface area contributed by atoms with Crippen LogP contribution in [0.4, 0.5) is 4.39 Å². The molecule has 1 atom stereocenters. The van der Waals surface area contributed by atoms with Crippen LogP contribution >= 0.6 is 31.9 Å². The molecule has 1 unspecified atom stereocenters. The van der Waals surface area contributed by atoms with Crippen LogP contribution in [0.15, 0.2) is 45.3 Å². The first kappa shape index (κ1) is 15.7. The van der Waals surface area contributed by atoms with E-state index >= 15 is 0 Å². The maximum atomic E-state index is 13.3. The van der Waals surface area contributed by atoms with E-state index in [2.05, 4.69) is 50.2 Å². The molecular weight excluding hydrogens is 385 g/mol. The van der Waals surface area contributed by atoms with Crippen LogP contribution in [0.5, 0.6) is 0 Å². The summed E-state index contributed by atoms with van der Waals surface area (Å²) in [4.78, 5) is 0. The number of aryl methyl sites for hydroxylation is 1. The van der Waals surface area contributed by atoms with Crippen molar-refractivity contribution in [3.05, 3.63) is 67.9 Å². The van der Waals surface area contributed by atoms with Gasteiger partial charge in [-0.2, -0.15) is 0 Å². The highest BCUT2D eigenvalue weighted by molar-refractivity contribution is 9.11. The Labute approximate surface area is 135 Å². The SMILES string of the molecule is CCNC(c1ccc(F)cc1C)c1cc(Br)ccc1Br. The third kappa shape index (κ3) is 3.48. The van der Waals surface area contributed by atoms with Crippen molar-refractivity contribution in [2.75, 3.05) is 6.54 Å². The second kappa shape index (κ2) is 6.83. The van der Waals surface area contributed by atoms with Crippen molar-refractivity contribution >= 4 is 31.9 Å². The first-order chi connectivity index (χ1) is 9.52. The van der Waals surface area contributed by atoms with E-state index in [9.17, 15) is 4.39 Å². The van der Waals surface area contributed by atoms with Gasteiger partial charge < -0.3 is 5.32 Å². The number of rotatable bonds is 4. The minimum atomic E-state index is -0.199. The van der Waals surface area contributed by atoms with E-state index in [1.165, 1.54) is 6.07 Å². The van der Waals surface area contributed by atoms with Crippen molar-refractivity contribution in [3.8, 4) is 0 Å². The normalized spacial score (nSPS) is 12.4. The molecule has 0 fully saturated rings. The topological polar surface area (TPSA) is 12.0 Å². The molecule has 4 heteroatoms. The Kier molecular flexibility index (Phi) is 5.35. The summed E-state index contributed by atoms with van der Waals surface area (Å²) in [5, 5.41) is 3.47. The van der Waals surface area contributed by atoms with Crippen molar-refractivity contribution < 1.29 is 4.39 Å². The summed E-state index contributed by atoms with van der Waals surface area (Å²) in [6, 6.07) is 11.1. The Balaban J connectivity index is 2.53. The van der Waals surface area contributed by atoms with Gasteiger partial charge >= 0.3 is 0 Å². The lowest BCUT2D eigenvalue weighted by Gasteiger charge is -2.22. The predicted octanol–water partition coefficient (Wildman–Crippen LogP) is 5.36. The van der Waals surface area contributed by atoms with Crippen LogP contribution in [-0.4, -0.2) is 6.54 Å². The van der Waals surface area contributed by atoms with Crippen LogP contribution in [0.1, 0.15) is 29.7 Å². The molecule has 1 nitrogen and oxygen atoms in total. The van der Waals surface area contributed by atoms with Gasteiger partial charge in [-0.3, -0.25) is 0 Å². The van der Waals surface area contributed by atoms with E-state index in [4.69, 9.17) is 0 Å². The van der Waals surface area contributed by atoms with Gasteiger partial charge in [-0.25, -0.2) is 4.39 Å². The summed E-state index contributed by atoms with van der Waals surface area (Å²) in [5.41, 5.74) is 3.17. The average Bonchev–Trinajstić information content (AvgIpc) is 2.40. The minimum Gasteiger partial charge on any atom is -0.306 e. The van der Waals surface area contributed by atoms with E-state index in [0.717, 1.165) is 32.2 Å². The Bertz CT molecular complexity index is 613. The Morgan fingerprint density at radius 3 is 2.50 bits per heavy atom. The van der Waals surface area contributed by atoms with Crippen molar-refractivity contribution in [3.63, 3.8) is 0 Å². The number of halogens is 3. The smallest absolute Gasteiger partial charge is 0.123 e. The van der Waals surface area contributed by atoms with Crippen LogP contribution in [0.2, 0.25) is 0 Å². The molecule has 0 heterocycles. The fourth-order valence-corrected chi connectivity index (χ4v) is 3.14. The van der Waals surface area contributed by atoms with Crippen LogP contribution < -0.4 is 5.32 Å². The summed E-state index contributed by atoms with van der Waals surface area (Å²) < 4.78 is 15.4. The minimum absolute atomic E-state index is 0.0347. The first-order valence-corrected chi connectivity index (χ1v) is 8.06. The van der Waals surface area contributed by atoms with Gasteiger partial charge in [0.05, 0.1) is 6.04 Å². The average molecular weight is 401 g/mol. The van der Waals surface area contributed by atoms with E-state index in [1.54, 1.807) is 6.07 Å². The number of nitrogens with one attached hydrogen (secondary N) is 1. The summed E-state index contributed by atoms with van der Waals surface area (Å²) >= 11 is 7.11. The fourth-order valence-electron chi connectivity index (χ4n) is 2.29. The zero-order chi connectivity index (χ0) is 14.7. The molecule has 0 aliphatic rings. The third-order valence-electron chi connectivity index (χ3n) is 3.22. The summed E-state index contributed by atoms with van der Waals surface area (Å²) in [5.74, 6) is -0.199. The maximum Gasteiger partial charge on any atom is 0.123 e. The fraction of sp³-hybridized carbons (Fsp3) is 0.250. The van der Waals surface area contributed by atoms with Gasteiger partial charge in [-0.1, -0.05) is 44.8 Å². The highest BCUT2D eigenvalue weighted by Crippen LogP contribution is 2.32. The Morgan fingerprint density at radius 2 is 1.85 bits per heavy atom. The molecule has 0 amide bonds. The molecule has 0 aliphatic heterocycles. The monoisotopic (exact) mass is 399 g/mol. The van der Waals surface area contributed by atoms with Crippen molar-refractivity contribution in [1.29, 1.82) is 0 Å². The number of hydrogen-bond acceptors (Lipinski definition) is 1. The molecule has 0 aliphatic carbocycles. The summed E-state index contributed by atoms with van der Waals surface area (Å²) in [6.45, 7) is 4.84. The quantitative estimate of drug-likeness (QED) is 0.728. The molecule has 20 heavy (non-hydrogen) atoms. The molecule has 2 aromatic rings. The predicted molar refractivity (Wildman–Crippen MR) is 88.5 cm³/mol. The third-order valence-corrected chi connectivity index (χ3v) is 4.44. The van der Waals surface area contributed by atoms with Gasteiger partial charge in [-0.15, -0.1) is 0 Å². The molecular formula is C16H16Br2FN. The van der Waals surface area contributed by atoms with Crippen molar-refractivity contribution in [2.45, 2.75) is 19.9 Å². The molecule has 0 radical (unpaired) electrons. The van der Waals surface area contributed by atoms with Crippen LogP contribution in [0.3, 0.4) is 0 Å². The number of hydrogen-bond donors (Lipinski definition) is 1. The van der Waals surface area contributed by atoms with Gasteiger partial charge in [0.1, 0.15) is 5.82 Å². The first-order valence-electron chi connectivity index (χ1n) is 6.47. The highest BCUT2D eigenvalue weighted by Gasteiger charge is 2.18. The van der Waals surface area contributed by atoms with E-state index in [-0.39, 0.29) is 11.9 Å². The maximum absolute atomic E-state index is 13.3. The summed E-state index contributed by atoms with van der Waals surface area (Å²) in [7, 11) is 0. The van der Waals surface area contributed by atoms with E-state index < -0.39 is 0 Å². The second-order valence-electron chi connectivity index (χ2n) is 4.66. The van der Waals surface area contributed by atoms with E-state index in [0.29, 0.717) is 0 Å². The van der Waals surface area contributed by atoms with E-state index in [1.807, 2.05) is 25.1 Å². The molecule has 0 spiro atoms. The van der Waals surface area contributed by atoms with Crippen LogP contribution in [0, 0.1) is 12.7 Å². The molecule has 0 aromatic heterocycles. The van der Waals surface area contributed by atoms with Crippen LogP contribution in [0.25, 0.3) is 0 Å². The molecule has 0 saturated heterocycles. The Hall–Kier alpha value is -0.710. The van der Waals surface area contributed by atoms with Crippen LogP contribution in [-0.2, 0) is 0 Å². The lowest BCUT2D eigenvalue weighted by Crippen LogP contribution is -2.23. The molecule has 0 saturated carbocycles. The van der Waals surface area contributed by atoms with Crippen molar-refractivity contribution in [2.24, 2.45) is 0 Å². The molecule has 2 aromatic carbocycles. The van der Waals surface area contributed by atoms with Gasteiger partial charge in [0.2, 0.25) is 0 Å². The van der Waals surface area contributed by atoms with Gasteiger partial charge in [-0.05, 0) is 60.5 Å². The molecule has 106 valence electrons. The standard InChI is InChI=1S/C16H16Br2FN/c1-3-20-16(13-6-5-12(19)8-10(13)2)14-9-11(17)4-7-15(14)18/h4-9,16,20H,3H2,1-2H3. The van der Waals surface area contributed by atoms with Gasteiger partial charge in [0.15, 0.2) is 0 Å². The largest absolute Gasteiger partial charge is 0.306 e. The molecule has 1 N–H and O–H groups in total. The lowest BCUT2D eigenvalue weighted by molar-refractivity contribution is 0.609. The van der Waals surface area contributed by atoms with Gasteiger partial charge in [0.25, 0.3) is 0 Å². The van der Waals surface area contributed by atoms with Gasteiger partial charge in [0, 0.05) is 8.95 Å². The second-order valence-corrected chi connectivity index (χ2v) is 6.43. The Morgan fingerprint density at radius 1 is 1.10 bits per heavy atom. The highest BCUT2D eigenvalue weighted by atomic mass is 79.9. The number of benzene rings is 2. The summed E-state index contributed by atoms with van der Waals surface area (Å²) in [6.07, 6.45) is 0. The molecule has 2 rings (SSSR count). The molecule has 0 bridgehead atoms. The zero-order valence-corrected chi connectivity index (χ0v) is 14.6. The zero-order valence-electron chi connectivity index (χ0n) is 11.4.